The molecule has 8 heteroatoms. The van der Waals surface area contributed by atoms with Gasteiger partial charge in [-0.05, 0) is 35.1 Å². The molecule has 0 saturated heterocycles. The lowest BCUT2D eigenvalue weighted by Crippen LogP contribution is -2.49. The van der Waals surface area contributed by atoms with Crippen molar-refractivity contribution < 1.29 is 14.7 Å². The number of aliphatic hydroxyl groups excluding tert-OH is 1. The van der Waals surface area contributed by atoms with Crippen LogP contribution in [0.4, 0.5) is 5.69 Å². The highest BCUT2D eigenvalue weighted by Crippen LogP contribution is 2.31. The molecule has 3 aromatic rings. The summed E-state index contributed by atoms with van der Waals surface area (Å²) in [5, 5.41) is 12.7. The number of aliphatic hydroxyl groups is 1. The molecule has 8 nitrogen and oxygen atoms in total. The SMILES string of the molecule is CC(C)[C@@H](CO)NC(=O)C(c1cccnc1)N(C(=O)c1c[nH]cn1)c1ccc(C(C)(C)C)cc1. The number of nitrogens with zero attached hydrogens (tertiary/aromatic N) is 3. The molecule has 2 amide bonds. The van der Waals surface area contributed by atoms with Gasteiger partial charge in [-0.3, -0.25) is 19.5 Å². The molecule has 1 unspecified atom stereocenters. The van der Waals surface area contributed by atoms with Crippen LogP contribution in [-0.4, -0.2) is 44.5 Å². The molecule has 0 aliphatic heterocycles. The molecule has 1 aromatic carbocycles. The van der Waals surface area contributed by atoms with Crippen molar-refractivity contribution in [3.63, 3.8) is 0 Å². The van der Waals surface area contributed by atoms with E-state index in [1.54, 1.807) is 24.5 Å². The van der Waals surface area contributed by atoms with Crippen molar-refractivity contribution in [2.45, 2.75) is 52.1 Å². The number of hydrogen-bond acceptors (Lipinski definition) is 5. The molecular weight excluding hydrogens is 430 g/mol. The van der Waals surface area contributed by atoms with Crippen LogP contribution in [0.1, 0.15) is 62.3 Å². The fourth-order valence-electron chi connectivity index (χ4n) is 3.65. The molecule has 2 atom stereocenters. The molecule has 3 rings (SSSR count). The minimum Gasteiger partial charge on any atom is -0.394 e. The Morgan fingerprint density at radius 3 is 2.35 bits per heavy atom. The standard InChI is InChI=1S/C26H33N5O3/c1-17(2)22(15-32)30-24(33)23(18-7-6-12-27-13-18)31(25(34)21-14-28-16-29-21)20-10-8-19(9-11-20)26(3,4)5/h6-14,16-17,22-23,32H,15H2,1-5H3,(H,28,29)(H,30,33)/t22-,23?/m1/s1. The summed E-state index contributed by atoms with van der Waals surface area (Å²) in [6.45, 7) is 9.96. The molecule has 0 bridgehead atoms. The van der Waals surface area contributed by atoms with Crippen LogP contribution in [0.5, 0.6) is 0 Å². The summed E-state index contributed by atoms with van der Waals surface area (Å²) < 4.78 is 0. The number of anilines is 1. The average Bonchev–Trinajstić information content (AvgIpc) is 3.35. The normalized spacial score (nSPS) is 13.4. The van der Waals surface area contributed by atoms with Crippen molar-refractivity contribution in [2.75, 3.05) is 11.5 Å². The van der Waals surface area contributed by atoms with Gasteiger partial charge in [0.05, 0.1) is 19.0 Å². The molecule has 2 aromatic heterocycles. The van der Waals surface area contributed by atoms with Crippen molar-refractivity contribution in [1.29, 1.82) is 0 Å². The number of aromatic amines is 1. The highest BCUT2D eigenvalue weighted by molar-refractivity contribution is 6.09. The number of carbonyl (C=O) groups excluding carboxylic acids is 2. The number of benzene rings is 1. The Kier molecular flexibility index (Phi) is 7.83. The zero-order valence-corrected chi connectivity index (χ0v) is 20.3. The van der Waals surface area contributed by atoms with E-state index in [0.29, 0.717) is 11.3 Å². The molecule has 0 radical (unpaired) electrons. The van der Waals surface area contributed by atoms with Gasteiger partial charge in [0.25, 0.3) is 5.91 Å². The summed E-state index contributed by atoms with van der Waals surface area (Å²) >= 11 is 0. The molecule has 180 valence electrons. The second-order valence-electron chi connectivity index (χ2n) is 9.66. The first-order valence-electron chi connectivity index (χ1n) is 11.4. The van der Waals surface area contributed by atoms with Crippen LogP contribution >= 0.6 is 0 Å². The third kappa shape index (κ3) is 5.69. The van der Waals surface area contributed by atoms with Crippen molar-refractivity contribution in [2.24, 2.45) is 5.92 Å². The number of pyridine rings is 1. The van der Waals surface area contributed by atoms with Gasteiger partial charge in [0.2, 0.25) is 5.91 Å². The van der Waals surface area contributed by atoms with Gasteiger partial charge < -0.3 is 15.4 Å². The van der Waals surface area contributed by atoms with E-state index in [9.17, 15) is 14.7 Å². The number of nitrogens with one attached hydrogen (secondary N) is 2. The maximum Gasteiger partial charge on any atom is 0.279 e. The van der Waals surface area contributed by atoms with E-state index < -0.39 is 23.9 Å². The minimum absolute atomic E-state index is 0.00468. The Morgan fingerprint density at radius 1 is 1.15 bits per heavy atom. The first kappa shape index (κ1) is 25.1. The lowest BCUT2D eigenvalue weighted by molar-refractivity contribution is -0.123. The zero-order valence-electron chi connectivity index (χ0n) is 20.3. The Morgan fingerprint density at radius 2 is 1.85 bits per heavy atom. The van der Waals surface area contributed by atoms with E-state index in [2.05, 4.69) is 41.0 Å². The largest absolute Gasteiger partial charge is 0.394 e. The van der Waals surface area contributed by atoms with Crippen molar-refractivity contribution in [3.05, 3.63) is 78.1 Å². The Hall–Kier alpha value is -3.52. The predicted octanol–water partition coefficient (Wildman–Crippen LogP) is 3.62. The van der Waals surface area contributed by atoms with Crippen LogP contribution in [0, 0.1) is 5.92 Å². The van der Waals surface area contributed by atoms with Crippen molar-refractivity contribution in [3.8, 4) is 0 Å². The first-order chi connectivity index (χ1) is 16.1. The zero-order chi connectivity index (χ0) is 24.9. The molecule has 0 fully saturated rings. The van der Waals surface area contributed by atoms with Crippen molar-refractivity contribution >= 4 is 17.5 Å². The third-order valence-electron chi connectivity index (χ3n) is 5.78. The fraction of sp³-hybridized carbons (Fsp3) is 0.385. The van der Waals surface area contributed by atoms with Gasteiger partial charge in [-0.1, -0.05) is 52.8 Å². The number of rotatable bonds is 8. The minimum atomic E-state index is -1.02. The fourth-order valence-corrected chi connectivity index (χ4v) is 3.65. The Bertz CT molecular complexity index is 1070. The number of carbonyl (C=O) groups is 2. The second kappa shape index (κ2) is 10.6. The van der Waals surface area contributed by atoms with Gasteiger partial charge in [-0.15, -0.1) is 0 Å². The van der Waals surface area contributed by atoms with Gasteiger partial charge in [0.1, 0.15) is 11.7 Å². The molecule has 2 heterocycles. The number of aromatic nitrogens is 3. The summed E-state index contributed by atoms with van der Waals surface area (Å²) in [5.41, 5.74) is 2.32. The summed E-state index contributed by atoms with van der Waals surface area (Å²) in [6, 6.07) is 9.60. The molecule has 34 heavy (non-hydrogen) atoms. The maximum atomic E-state index is 13.7. The smallest absolute Gasteiger partial charge is 0.279 e. The van der Waals surface area contributed by atoms with E-state index in [4.69, 9.17) is 0 Å². The average molecular weight is 464 g/mol. The molecule has 0 spiro atoms. The quantitative estimate of drug-likeness (QED) is 0.472. The summed E-state index contributed by atoms with van der Waals surface area (Å²) in [6.07, 6.45) is 6.11. The van der Waals surface area contributed by atoms with Crippen molar-refractivity contribution in [1.82, 2.24) is 20.3 Å². The Labute approximate surface area is 200 Å². The summed E-state index contributed by atoms with van der Waals surface area (Å²) in [4.78, 5) is 39.9. The van der Waals surface area contributed by atoms with Crippen LogP contribution in [-0.2, 0) is 10.2 Å². The van der Waals surface area contributed by atoms with Crippen LogP contribution in [0.15, 0.2) is 61.3 Å². The van der Waals surface area contributed by atoms with Crippen LogP contribution < -0.4 is 10.2 Å². The van der Waals surface area contributed by atoms with Gasteiger partial charge >= 0.3 is 0 Å². The van der Waals surface area contributed by atoms with Crippen LogP contribution in [0.25, 0.3) is 0 Å². The predicted molar refractivity (Wildman–Crippen MR) is 131 cm³/mol. The third-order valence-corrected chi connectivity index (χ3v) is 5.78. The van der Waals surface area contributed by atoms with Gasteiger partial charge in [0.15, 0.2) is 0 Å². The Balaban J connectivity index is 2.13. The van der Waals surface area contributed by atoms with Gasteiger partial charge in [0, 0.05) is 29.8 Å². The first-order valence-corrected chi connectivity index (χ1v) is 11.4. The number of H-pyrrole nitrogens is 1. The van der Waals surface area contributed by atoms with E-state index in [1.165, 1.54) is 17.4 Å². The topological polar surface area (TPSA) is 111 Å². The maximum absolute atomic E-state index is 13.7. The molecule has 0 saturated carbocycles. The van der Waals surface area contributed by atoms with E-state index in [1.807, 2.05) is 38.1 Å². The van der Waals surface area contributed by atoms with Crippen LogP contribution in [0.3, 0.4) is 0 Å². The second-order valence-corrected chi connectivity index (χ2v) is 9.66. The summed E-state index contributed by atoms with van der Waals surface area (Å²) in [5.74, 6) is -0.839. The lowest BCUT2D eigenvalue weighted by atomic mass is 9.87. The summed E-state index contributed by atoms with van der Waals surface area (Å²) in [7, 11) is 0. The van der Waals surface area contributed by atoms with E-state index in [-0.39, 0.29) is 23.6 Å². The van der Waals surface area contributed by atoms with E-state index in [0.717, 1.165) is 5.56 Å². The number of hydrogen-bond donors (Lipinski definition) is 3. The van der Waals surface area contributed by atoms with Gasteiger partial charge in [-0.2, -0.15) is 0 Å². The molecule has 0 aliphatic rings. The van der Waals surface area contributed by atoms with E-state index >= 15 is 0 Å². The highest BCUT2D eigenvalue weighted by Gasteiger charge is 2.35. The molecular formula is C26H33N5O3. The monoisotopic (exact) mass is 463 g/mol. The number of imidazole rings is 1. The molecule has 0 aliphatic carbocycles. The lowest BCUT2D eigenvalue weighted by Gasteiger charge is -2.33. The highest BCUT2D eigenvalue weighted by atomic mass is 16.3. The molecule has 3 N–H and O–H groups in total. The van der Waals surface area contributed by atoms with Crippen LogP contribution in [0.2, 0.25) is 0 Å². The van der Waals surface area contributed by atoms with Gasteiger partial charge in [-0.25, -0.2) is 4.98 Å². The number of amides is 2.